The van der Waals surface area contributed by atoms with Gasteiger partial charge in [0.2, 0.25) is 0 Å². The Morgan fingerprint density at radius 1 is 1.22 bits per heavy atom. The highest BCUT2D eigenvalue weighted by Gasteiger charge is 2.18. The van der Waals surface area contributed by atoms with Gasteiger partial charge in [-0.25, -0.2) is 4.79 Å². The molecular formula is C20H22N2O5. The third-order valence-electron chi connectivity index (χ3n) is 4.09. The molecule has 0 heterocycles. The van der Waals surface area contributed by atoms with E-state index in [1.54, 1.807) is 19.2 Å². The number of nitro groups is 1. The van der Waals surface area contributed by atoms with Crippen LogP contribution in [0.3, 0.4) is 0 Å². The number of hydrogen-bond donors (Lipinski definition) is 1. The van der Waals surface area contributed by atoms with E-state index in [2.05, 4.69) is 10.1 Å². The maximum atomic E-state index is 11.5. The van der Waals surface area contributed by atoms with Crippen LogP contribution in [-0.4, -0.2) is 25.1 Å². The molecule has 7 nitrogen and oxygen atoms in total. The summed E-state index contributed by atoms with van der Waals surface area (Å²) in [4.78, 5) is 22.2. The van der Waals surface area contributed by atoms with Crippen molar-refractivity contribution >= 4 is 23.4 Å². The molecule has 0 spiro atoms. The van der Waals surface area contributed by atoms with E-state index in [1.165, 1.54) is 25.3 Å². The van der Waals surface area contributed by atoms with Crippen LogP contribution < -0.4 is 10.1 Å². The highest BCUT2D eigenvalue weighted by Crippen LogP contribution is 2.31. The second-order valence-corrected chi connectivity index (χ2v) is 5.77. The summed E-state index contributed by atoms with van der Waals surface area (Å²) in [5, 5.41) is 14.7. The van der Waals surface area contributed by atoms with Crippen LogP contribution in [0.25, 0.3) is 6.08 Å². The van der Waals surface area contributed by atoms with E-state index >= 15 is 0 Å². The number of rotatable bonds is 8. The predicted molar refractivity (Wildman–Crippen MR) is 104 cm³/mol. The number of nitro benzene ring substituents is 1. The molecule has 7 heteroatoms. The summed E-state index contributed by atoms with van der Waals surface area (Å²) in [7, 11) is 2.87. The molecule has 1 N–H and O–H groups in total. The zero-order valence-electron chi connectivity index (χ0n) is 15.5. The Hall–Kier alpha value is -3.35. The van der Waals surface area contributed by atoms with Gasteiger partial charge in [-0.2, -0.15) is 0 Å². The van der Waals surface area contributed by atoms with Gasteiger partial charge in [0.1, 0.15) is 11.4 Å². The van der Waals surface area contributed by atoms with E-state index in [4.69, 9.17) is 4.74 Å². The number of nitrogens with zero attached hydrogens (tertiary/aromatic N) is 1. The molecule has 0 bridgehead atoms. The summed E-state index contributed by atoms with van der Waals surface area (Å²) in [5.74, 6) is 0.228. The third-order valence-corrected chi connectivity index (χ3v) is 4.09. The summed E-state index contributed by atoms with van der Waals surface area (Å²) in [6.45, 7) is 2.00. The molecule has 2 rings (SSSR count). The molecule has 27 heavy (non-hydrogen) atoms. The van der Waals surface area contributed by atoms with Crippen molar-refractivity contribution in [3.63, 3.8) is 0 Å². The molecule has 0 amide bonds. The number of carbonyl (C=O) groups is 1. The number of nitrogens with one attached hydrogen (secondary N) is 1. The summed E-state index contributed by atoms with van der Waals surface area (Å²) in [5.41, 5.74) is 1.89. The molecule has 0 saturated heterocycles. The highest BCUT2D eigenvalue weighted by atomic mass is 16.6. The zero-order valence-corrected chi connectivity index (χ0v) is 15.5. The van der Waals surface area contributed by atoms with E-state index in [1.807, 2.05) is 31.2 Å². The number of ether oxygens (including phenoxy) is 2. The van der Waals surface area contributed by atoms with Crippen molar-refractivity contribution in [2.75, 3.05) is 19.5 Å². The van der Waals surface area contributed by atoms with Gasteiger partial charge in [-0.15, -0.1) is 0 Å². The minimum absolute atomic E-state index is 0.0611. The van der Waals surface area contributed by atoms with Crippen LogP contribution in [0.2, 0.25) is 0 Å². The van der Waals surface area contributed by atoms with Crippen molar-refractivity contribution in [2.45, 2.75) is 19.4 Å². The van der Waals surface area contributed by atoms with Crippen molar-refractivity contribution < 1.29 is 19.2 Å². The fraction of sp³-hybridized carbons (Fsp3) is 0.250. The van der Waals surface area contributed by atoms with E-state index in [0.29, 0.717) is 11.3 Å². The summed E-state index contributed by atoms with van der Waals surface area (Å²) in [6, 6.07) is 12.2. The van der Waals surface area contributed by atoms with Crippen molar-refractivity contribution in [1.82, 2.24) is 0 Å². The maximum absolute atomic E-state index is 11.5. The van der Waals surface area contributed by atoms with Gasteiger partial charge >= 0.3 is 5.97 Å². The van der Waals surface area contributed by atoms with E-state index < -0.39 is 10.9 Å². The van der Waals surface area contributed by atoms with Crippen LogP contribution in [-0.2, 0) is 9.53 Å². The fourth-order valence-electron chi connectivity index (χ4n) is 2.60. The normalized spacial score (nSPS) is 11.8. The molecule has 1 unspecified atom stereocenters. The lowest BCUT2D eigenvalue weighted by atomic mass is 10.0. The van der Waals surface area contributed by atoms with Crippen LogP contribution in [0.5, 0.6) is 5.75 Å². The van der Waals surface area contributed by atoms with E-state index in [-0.39, 0.29) is 11.7 Å². The Bertz CT molecular complexity index is 831. The molecule has 2 aromatic rings. The fourth-order valence-corrected chi connectivity index (χ4v) is 2.60. The minimum Gasteiger partial charge on any atom is -0.497 e. The van der Waals surface area contributed by atoms with Gasteiger partial charge < -0.3 is 14.8 Å². The molecule has 0 radical (unpaired) electrons. The first-order valence-electron chi connectivity index (χ1n) is 8.43. The van der Waals surface area contributed by atoms with E-state index in [0.717, 1.165) is 17.7 Å². The average Bonchev–Trinajstić information content (AvgIpc) is 2.70. The number of benzene rings is 2. The van der Waals surface area contributed by atoms with Gasteiger partial charge in [-0.05, 0) is 41.8 Å². The number of hydrogen-bond acceptors (Lipinski definition) is 6. The standard InChI is InChI=1S/C20H22N2O5/c1-4-17(15-7-9-16(26-2)10-8-15)21-18-11-5-14(6-12-20(23)27-3)13-19(18)22(24)25/h5-13,17,21H,4H2,1-3H3/b12-6+. The first-order chi connectivity index (χ1) is 13.0. The maximum Gasteiger partial charge on any atom is 0.330 e. The smallest absolute Gasteiger partial charge is 0.330 e. The SMILES string of the molecule is CCC(Nc1ccc(/C=C/C(=O)OC)cc1[N+](=O)[O-])c1ccc(OC)cc1. The van der Waals surface area contributed by atoms with Crippen molar-refractivity contribution in [2.24, 2.45) is 0 Å². The van der Waals surface area contributed by atoms with Gasteiger partial charge in [0.25, 0.3) is 5.69 Å². The van der Waals surface area contributed by atoms with Crippen LogP contribution >= 0.6 is 0 Å². The molecule has 1 atom stereocenters. The summed E-state index contributed by atoms with van der Waals surface area (Å²) >= 11 is 0. The second kappa shape index (κ2) is 9.38. The Kier molecular flexibility index (Phi) is 6.93. The minimum atomic E-state index is -0.523. The topological polar surface area (TPSA) is 90.7 Å². The molecule has 0 aromatic heterocycles. The molecule has 0 aliphatic carbocycles. The number of carbonyl (C=O) groups excluding carboxylic acids is 1. The Balaban J connectivity index is 2.28. The van der Waals surface area contributed by atoms with Gasteiger partial charge in [0, 0.05) is 12.1 Å². The predicted octanol–water partition coefficient (Wildman–Crippen LogP) is 4.35. The van der Waals surface area contributed by atoms with Crippen LogP contribution in [0, 0.1) is 10.1 Å². The lowest BCUT2D eigenvalue weighted by Gasteiger charge is -2.19. The van der Waals surface area contributed by atoms with Gasteiger partial charge in [-0.3, -0.25) is 10.1 Å². The van der Waals surface area contributed by atoms with Crippen LogP contribution in [0.1, 0.15) is 30.5 Å². The number of esters is 1. The van der Waals surface area contributed by atoms with Crippen LogP contribution in [0.15, 0.2) is 48.5 Å². The zero-order chi connectivity index (χ0) is 19.8. The average molecular weight is 370 g/mol. The molecule has 2 aromatic carbocycles. The van der Waals surface area contributed by atoms with Gasteiger partial charge in [-0.1, -0.05) is 25.1 Å². The van der Waals surface area contributed by atoms with Gasteiger partial charge in [0.15, 0.2) is 0 Å². The number of anilines is 1. The van der Waals surface area contributed by atoms with Gasteiger partial charge in [0.05, 0.1) is 25.2 Å². The van der Waals surface area contributed by atoms with Crippen LogP contribution in [0.4, 0.5) is 11.4 Å². The largest absolute Gasteiger partial charge is 0.497 e. The third kappa shape index (κ3) is 5.31. The molecule has 0 fully saturated rings. The molecule has 142 valence electrons. The molecule has 0 saturated carbocycles. The van der Waals surface area contributed by atoms with E-state index in [9.17, 15) is 14.9 Å². The molecule has 0 aliphatic rings. The quantitative estimate of drug-likeness (QED) is 0.321. The van der Waals surface area contributed by atoms with Crippen molar-refractivity contribution in [1.29, 1.82) is 0 Å². The number of methoxy groups -OCH3 is 2. The monoisotopic (exact) mass is 370 g/mol. The lowest BCUT2D eigenvalue weighted by Crippen LogP contribution is -2.11. The first-order valence-corrected chi connectivity index (χ1v) is 8.43. The summed E-state index contributed by atoms with van der Waals surface area (Å²) < 4.78 is 9.69. The first kappa shape index (κ1) is 20.0. The molecular weight excluding hydrogens is 348 g/mol. The second-order valence-electron chi connectivity index (χ2n) is 5.77. The molecule has 0 aliphatic heterocycles. The van der Waals surface area contributed by atoms with Crippen molar-refractivity contribution in [3.8, 4) is 5.75 Å². The lowest BCUT2D eigenvalue weighted by molar-refractivity contribution is -0.384. The Labute approximate surface area is 157 Å². The Morgan fingerprint density at radius 2 is 1.93 bits per heavy atom. The highest BCUT2D eigenvalue weighted by molar-refractivity contribution is 5.87. The summed E-state index contributed by atoms with van der Waals surface area (Å²) in [6.07, 6.45) is 3.44. The Morgan fingerprint density at radius 3 is 2.48 bits per heavy atom. The van der Waals surface area contributed by atoms with Crippen molar-refractivity contribution in [3.05, 3.63) is 69.8 Å².